The highest BCUT2D eigenvalue weighted by Gasteiger charge is 2.09. The Labute approximate surface area is 164 Å². The fraction of sp³-hybridized carbons (Fsp3) is 0.0952. The highest BCUT2D eigenvalue weighted by molar-refractivity contribution is 9.11. The average Bonchev–Trinajstić information content (AvgIpc) is 2.61. The fourth-order valence-corrected chi connectivity index (χ4v) is 3.78. The van der Waals surface area contributed by atoms with Crippen LogP contribution in [0.15, 0.2) is 80.7 Å². The van der Waals surface area contributed by atoms with Crippen molar-refractivity contribution < 1.29 is 4.74 Å². The summed E-state index contributed by atoms with van der Waals surface area (Å²) in [6, 6.07) is 22.2. The van der Waals surface area contributed by atoms with Crippen LogP contribution in [0, 0.1) is 6.92 Å². The number of rotatable bonds is 5. The molecular formula is C21H17Br2NO. The number of hydrogen-bond acceptors (Lipinski definition) is 2. The highest BCUT2D eigenvalue weighted by atomic mass is 79.9. The van der Waals surface area contributed by atoms with E-state index in [1.165, 1.54) is 0 Å². The summed E-state index contributed by atoms with van der Waals surface area (Å²) in [7, 11) is 0. The topological polar surface area (TPSA) is 21.6 Å². The van der Waals surface area contributed by atoms with Gasteiger partial charge < -0.3 is 4.74 Å². The molecule has 0 aliphatic carbocycles. The lowest BCUT2D eigenvalue weighted by molar-refractivity contribution is 0.304. The Morgan fingerprint density at radius 3 is 2.44 bits per heavy atom. The monoisotopic (exact) mass is 457 g/mol. The molecule has 0 saturated carbocycles. The molecule has 126 valence electrons. The molecule has 3 aromatic carbocycles. The molecule has 0 aliphatic heterocycles. The quantitative estimate of drug-likeness (QED) is 0.383. The highest BCUT2D eigenvalue weighted by Crippen LogP contribution is 2.33. The van der Waals surface area contributed by atoms with E-state index in [0.29, 0.717) is 6.61 Å². The maximum Gasteiger partial charge on any atom is 0.142 e. The van der Waals surface area contributed by atoms with E-state index < -0.39 is 0 Å². The van der Waals surface area contributed by atoms with E-state index in [9.17, 15) is 0 Å². The maximum absolute atomic E-state index is 6.07. The van der Waals surface area contributed by atoms with Crippen molar-refractivity contribution in [2.75, 3.05) is 0 Å². The van der Waals surface area contributed by atoms with Crippen molar-refractivity contribution in [3.8, 4) is 5.75 Å². The summed E-state index contributed by atoms with van der Waals surface area (Å²) < 4.78 is 7.93. The van der Waals surface area contributed by atoms with E-state index in [-0.39, 0.29) is 0 Å². The standard InChI is InChI=1S/C21H17Br2NO/c1-15-7-5-6-10-20(15)24-13-17-11-18(22)12-19(23)21(17)25-14-16-8-3-2-4-9-16/h2-13H,14H2,1H3. The van der Waals surface area contributed by atoms with Gasteiger partial charge in [0, 0.05) is 16.3 Å². The summed E-state index contributed by atoms with van der Waals surface area (Å²) in [5, 5.41) is 0. The third-order valence-corrected chi connectivity index (χ3v) is 4.77. The molecule has 3 rings (SSSR count). The minimum atomic E-state index is 0.506. The van der Waals surface area contributed by atoms with Gasteiger partial charge in [-0.3, -0.25) is 4.99 Å². The second-order valence-corrected chi connectivity index (χ2v) is 7.39. The van der Waals surface area contributed by atoms with Crippen LogP contribution in [-0.2, 0) is 6.61 Å². The maximum atomic E-state index is 6.07. The van der Waals surface area contributed by atoms with Gasteiger partial charge >= 0.3 is 0 Å². The van der Waals surface area contributed by atoms with E-state index >= 15 is 0 Å². The van der Waals surface area contributed by atoms with Crippen molar-refractivity contribution in [1.82, 2.24) is 0 Å². The number of benzene rings is 3. The first-order valence-electron chi connectivity index (χ1n) is 7.89. The largest absolute Gasteiger partial charge is 0.487 e. The second kappa shape index (κ2) is 8.45. The normalized spacial score (nSPS) is 11.0. The molecule has 0 unspecified atom stereocenters. The van der Waals surface area contributed by atoms with Crippen LogP contribution >= 0.6 is 31.9 Å². The molecular weight excluding hydrogens is 442 g/mol. The van der Waals surface area contributed by atoms with Crippen LogP contribution in [-0.4, -0.2) is 6.21 Å². The Morgan fingerprint density at radius 1 is 0.960 bits per heavy atom. The summed E-state index contributed by atoms with van der Waals surface area (Å²) >= 11 is 7.13. The minimum Gasteiger partial charge on any atom is -0.487 e. The van der Waals surface area contributed by atoms with Crippen LogP contribution in [0.3, 0.4) is 0 Å². The van der Waals surface area contributed by atoms with Crippen molar-refractivity contribution >= 4 is 43.8 Å². The average molecular weight is 459 g/mol. The lowest BCUT2D eigenvalue weighted by atomic mass is 10.2. The van der Waals surface area contributed by atoms with Gasteiger partial charge in [-0.1, -0.05) is 64.5 Å². The number of hydrogen-bond donors (Lipinski definition) is 0. The fourth-order valence-electron chi connectivity index (χ4n) is 2.41. The molecule has 0 amide bonds. The smallest absolute Gasteiger partial charge is 0.142 e. The first kappa shape index (κ1) is 17.9. The Bertz CT molecular complexity index is 892. The third kappa shape index (κ3) is 4.80. The molecule has 0 aromatic heterocycles. The zero-order chi connectivity index (χ0) is 17.6. The van der Waals surface area contributed by atoms with Crippen LogP contribution in [0.5, 0.6) is 5.75 Å². The molecule has 3 aromatic rings. The summed E-state index contributed by atoms with van der Waals surface area (Å²) in [5.41, 5.74) is 4.13. The summed E-state index contributed by atoms with van der Waals surface area (Å²) in [4.78, 5) is 4.63. The van der Waals surface area contributed by atoms with E-state index in [0.717, 1.165) is 37.1 Å². The molecule has 0 heterocycles. The predicted octanol–water partition coefficient (Wildman–Crippen LogP) is 6.85. The molecule has 0 bridgehead atoms. The van der Waals surface area contributed by atoms with Crippen molar-refractivity contribution in [2.45, 2.75) is 13.5 Å². The molecule has 0 saturated heterocycles. The Morgan fingerprint density at radius 2 is 1.68 bits per heavy atom. The van der Waals surface area contributed by atoms with Gasteiger partial charge in [-0.2, -0.15) is 0 Å². The molecule has 0 aliphatic rings. The van der Waals surface area contributed by atoms with Crippen molar-refractivity contribution in [3.05, 3.63) is 92.4 Å². The van der Waals surface area contributed by atoms with Crippen LogP contribution in [0.4, 0.5) is 5.69 Å². The minimum absolute atomic E-state index is 0.506. The van der Waals surface area contributed by atoms with Crippen molar-refractivity contribution in [2.24, 2.45) is 4.99 Å². The predicted molar refractivity (Wildman–Crippen MR) is 111 cm³/mol. The Balaban J connectivity index is 1.89. The van der Waals surface area contributed by atoms with Gasteiger partial charge in [0.2, 0.25) is 0 Å². The Hall–Kier alpha value is -1.91. The molecule has 0 spiro atoms. The summed E-state index contributed by atoms with van der Waals surface area (Å²) in [5.74, 6) is 0.782. The van der Waals surface area contributed by atoms with Gasteiger partial charge in [0.15, 0.2) is 0 Å². The van der Waals surface area contributed by atoms with Crippen molar-refractivity contribution in [3.63, 3.8) is 0 Å². The number of ether oxygens (including phenoxy) is 1. The summed E-state index contributed by atoms with van der Waals surface area (Å²) in [6.45, 7) is 2.56. The third-order valence-electron chi connectivity index (χ3n) is 3.72. The van der Waals surface area contributed by atoms with Gasteiger partial charge in [0.25, 0.3) is 0 Å². The van der Waals surface area contributed by atoms with Crippen LogP contribution in [0.1, 0.15) is 16.7 Å². The van der Waals surface area contributed by atoms with Crippen LogP contribution < -0.4 is 4.74 Å². The lowest BCUT2D eigenvalue weighted by Crippen LogP contribution is -1.99. The Kier molecular flexibility index (Phi) is 6.05. The van der Waals surface area contributed by atoms with Crippen LogP contribution in [0.25, 0.3) is 0 Å². The van der Waals surface area contributed by atoms with Gasteiger partial charge in [0.1, 0.15) is 12.4 Å². The number of para-hydroxylation sites is 1. The van der Waals surface area contributed by atoms with Crippen LogP contribution in [0.2, 0.25) is 0 Å². The van der Waals surface area contributed by atoms with Crippen molar-refractivity contribution in [1.29, 1.82) is 0 Å². The molecule has 0 atom stereocenters. The van der Waals surface area contributed by atoms with E-state index in [4.69, 9.17) is 4.74 Å². The molecule has 0 fully saturated rings. The first-order valence-corrected chi connectivity index (χ1v) is 9.47. The molecule has 25 heavy (non-hydrogen) atoms. The van der Waals surface area contributed by atoms with Gasteiger partial charge in [0.05, 0.1) is 10.2 Å². The lowest BCUT2D eigenvalue weighted by Gasteiger charge is -2.12. The number of halogens is 2. The van der Waals surface area contributed by atoms with Gasteiger partial charge in [-0.05, 0) is 52.2 Å². The molecule has 4 heteroatoms. The molecule has 0 radical (unpaired) electrons. The number of aryl methyl sites for hydroxylation is 1. The second-order valence-electron chi connectivity index (χ2n) is 5.62. The van der Waals surface area contributed by atoms with E-state index in [2.05, 4.69) is 49.8 Å². The summed E-state index contributed by atoms with van der Waals surface area (Å²) in [6.07, 6.45) is 1.85. The molecule has 0 N–H and O–H groups in total. The zero-order valence-electron chi connectivity index (χ0n) is 13.7. The SMILES string of the molecule is Cc1ccccc1N=Cc1cc(Br)cc(Br)c1OCc1ccccc1. The molecule has 2 nitrogen and oxygen atoms in total. The van der Waals surface area contributed by atoms with E-state index in [1.807, 2.05) is 66.9 Å². The van der Waals surface area contributed by atoms with E-state index in [1.54, 1.807) is 0 Å². The van der Waals surface area contributed by atoms with Gasteiger partial charge in [-0.25, -0.2) is 0 Å². The number of aliphatic imine (C=N–C) groups is 1. The zero-order valence-corrected chi connectivity index (χ0v) is 16.9. The first-order chi connectivity index (χ1) is 12.1. The number of nitrogens with zero attached hydrogens (tertiary/aromatic N) is 1. The van der Waals surface area contributed by atoms with Gasteiger partial charge in [-0.15, -0.1) is 0 Å².